The average molecular weight is 312 g/mol. The van der Waals surface area contributed by atoms with Gasteiger partial charge in [0.15, 0.2) is 0 Å². The first kappa shape index (κ1) is 14.1. The Labute approximate surface area is 138 Å². The van der Waals surface area contributed by atoms with Gasteiger partial charge in [0.05, 0.1) is 11.4 Å². The second kappa shape index (κ2) is 6.29. The highest BCUT2D eigenvalue weighted by Crippen LogP contribution is 2.30. The lowest BCUT2D eigenvalue weighted by Crippen LogP contribution is -1.98. The maximum absolute atomic E-state index is 4.39. The third-order valence-electron chi connectivity index (χ3n) is 3.50. The maximum atomic E-state index is 4.39. The van der Waals surface area contributed by atoms with E-state index in [0.29, 0.717) is 11.4 Å². The summed E-state index contributed by atoms with van der Waals surface area (Å²) in [5.41, 5.74) is 4.60. The molecule has 0 aliphatic rings. The Bertz CT molecular complexity index is 943. The summed E-state index contributed by atoms with van der Waals surface area (Å²) in [6, 6.07) is 13.3. The zero-order valence-corrected chi connectivity index (χ0v) is 12.6. The summed E-state index contributed by atoms with van der Waals surface area (Å²) < 4.78 is 0. The predicted octanol–water partition coefficient (Wildman–Crippen LogP) is 3.06. The average Bonchev–Trinajstić information content (AvgIpc) is 2.69. The number of nitrogens with zero attached hydrogens (tertiary/aromatic N) is 6. The lowest BCUT2D eigenvalue weighted by molar-refractivity contribution is 1.03. The minimum Gasteiger partial charge on any atom is -0.255 e. The first-order chi connectivity index (χ1) is 11.9. The molecule has 0 aliphatic carbocycles. The van der Waals surface area contributed by atoms with Crippen molar-refractivity contribution in [2.24, 2.45) is 0 Å². The number of aromatic nitrogens is 6. The van der Waals surface area contributed by atoms with Crippen LogP contribution < -0.4 is 0 Å². The van der Waals surface area contributed by atoms with Crippen molar-refractivity contribution in [1.82, 2.24) is 30.1 Å². The standard InChI is InChI=1S/C18H12N6/c1-3-7-21-15(5-1)17-9-14(13-10-19-12-20-11-13)18(24-23-17)16-6-2-4-8-22-16/h1-12H. The molecule has 24 heavy (non-hydrogen) atoms. The Morgan fingerprint density at radius 3 is 2.04 bits per heavy atom. The van der Waals surface area contributed by atoms with Crippen LogP contribution in [0.4, 0.5) is 0 Å². The van der Waals surface area contributed by atoms with Gasteiger partial charge in [-0.05, 0) is 30.3 Å². The van der Waals surface area contributed by atoms with Crippen LogP contribution in [-0.4, -0.2) is 30.1 Å². The highest BCUT2D eigenvalue weighted by Gasteiger charge is 2.14. The minimum absolute atomic E-state index is 0.685. The highest BCUT2D eigenvalue weighted by molar-refractivity contribution is 5.80. The molecule has 0 saturated heterocycles. The van der Waals surface area contributed by atoms with Gasteiger partial charge in [0.1, 0.15) is 17.7 Å². The van der Waals surface area contributed by atoms with Crippen LogP contribution in [-0.2, 0) is 0 Å². The predicted molar refractivity (Wildman–Crippen MR) is 89.5 cm³/mol. The summed E-state index contributed by atoms with van der Waals surface area (Å²) in [5, 5.41) is 8.71. The number of pyridine rings is 2. The van der Waals surface area contributed by atoms with Gasteiger partial charge in [-0.2, -0.15) is 0 Å². The van der Waals surface area contributed by atoms with Gasteiger partial charge >= 0.3 is 0 Å². The fourth-order valence-electron chi connectivity index (χ4n) is 2.38. The third kappa shape index (κ3) is 2.72. The van der Waals surface area contributed by atoms with Crippen LogP contribution in [0.1, 0.15) is 0 Å². The number of hydrogen-bond donors (Lipinski definition) is 0. The smallest absolute Gasteiger partial charge is 0.119 e. The van der Waals surface area contributed by atoms with E-state index < -0.39 is 0 Å². The van der Waals surface area contributed by atoms with Crippen LogP contribution in [0.15, 0.2) is 73.6 Å². The molecule has 0 bridgehead atoms. The molecule has 0 atom stereocenters. The fraction of sp³-hybridized carbons (Fsp3) is 0. The van der Waals surface area contributed by atoms with Crippen molar-refractivity contribution < 1.29 is 0 Å². The van der Waals surface area contributed by atoms with Crippen molar-refractivity contribution in [2.75, 3.05) is 0 Å². The van der Waals surface area contributed by atoms with E-state index in [1.807, 2.05) is 42.5 Å². The van der Waals surface area contributed by atoms with E-state index in [2.05, 4.69) is 30.1 Å². The van der Waals surface area contributed by atoms with Crippen molar-refractivity contribution >= 4 is 0 Å². The molecule has 6 nitrogen and oxygen atoms in total. The van der Waals surface area contributed by atoms with Crippen LogP contribution in [0.3, 0.4) is 0 Å². The molecule has 4 rings (SSSR count). The van der Waals surface area contributed by atoms with Crippen molar-refractivity contribution in [3.8, 4) is 33.9 Å². The van der Waals surface area contributed by atoms with E-state index in [4.69, 9.17) is 0 Å². The minimum atomic E-state index is 0.685. The number of rotatable bonds is 3. The molecule has 0 amide bonds. The fourth-order valence-corrected chi connectivity index (χ4v) is 2.38. The van der Waals surface area contributed by atoms with Gasteiger partial charge in [-0.25, -0.2) is 9.97 Å². The molecule has 0 aliphatic heterocycles. The first-order valence-corrected chi connectivity index (χ1v) is 7.38. The van der Waals surface area contributed by atoms with Crippen molar-refractivity contribution in [2.45, 2.75) is 0 Å². The molecular weight excluding hydrogens is 300 g/mol. The molecule has 0 spiro atoms. The van der Waals surface area contributed by atoms with E-state index in [9.17, 15) is 0 Å². The first-order valence-electron chi connectivity index (χ1n) is 7.38. The second-order valence-corrected chi connectivity index (χ2v) is 5.05. The molecule has 0 saturated carbocycles. The summed E-state index contributed by atoms with van der Waals surface area (Å²) >= 11 is 0. The summed E-state index contributed by atoms with van der Waals surface area (Å²) in [4.78, 5) is 16.9. The van der Waals surface area contributed by atoms with Gasteiger partial charge in [0.25, 0.3) is 0 Å². The van der Waals surface area contributed by atoms with Gasteiger partial charge in [0.2, 0.25) is 0 Å². The second-order valence-electron chi connectivity index (χ2n) is 5.05. The molecule has 4 aromatic heterocycles. The van der Waals surface area contributed by atoms with E-state index in [1.54, 1.807) is 24.8 Å². The Balaban J connectivity index is 1.92. The van der Waals surface area contributed by atoms with Crippen molar-refractivity contribution in [3.63, 3.8) is 0 Å². The Morgan fingerprint density at radius 2 is 1.38 bits per heavy atom. The molecule has 0 fully saturated rings. The largest absolute Gasteiger partial charge is 0.255 e. The molecule has 0 radical (unpaired) electrons. The normalized spacial score (nSPS) is 10.5. The Morgan fingerprint density at radius 1 is 0.667 bits per heavy atom. The molecular formula is C18H12N6. The van der Waals surface area contributed by atoms with E-state index in [1.165, 1.54) is 6.33 Å². The van der Waals surface area contributed by atoms with Crippen molar-refractivity contribution in [1.29, 1.82) is 0 Å². The summed E-state index contributed by atoms with van der Waals surface area (Å²) in [7, 11) is 0. The van der Waals surface area contributed by atoms with E-state index in [-0.39, 0.29) is 0 Å². The van der Waals surface area contributed by atoms with E-state index >= 15 is 0 Å². The molecule has 114 valence electrons. The summed E-state index contributed by atoms with van der Waals surface area (Å²) in [5.74, 6) is 0. The highest BCUT2D eigenvalue weighted by atomic mass is 15.1. The molecule has 0 aromatic carbocycles. The van der Waals surface area contributed by atoms with Gasteiger partial charge in [0, 0.05) is 35.9 Å². The van der Waals surface area contributed by atoms with Crippen LogP contribution in [0, 0.1) is 0 Å². The van der Waals surface area contributed by atoms with Crippen molar-refractivity contribution in [3.05, 3.63) is 73.6 Å². The lowest BCUT2D eigenvalue weighted by Gasteiger charge is -2.09. The Kier molecular flexibility index (Phi) is 3.69. The lowest BCUT2D eigenvalue weighted by atomic mass is 10.0. The van der Waals surface area contributed by atoms with Gasteiger partial charge in [-0.3, -0.25) is 9.97 Å². The van der Waals surface area contributed by atoms with Crippen LogP contribution in [0.5, 0.6) is 0 Å². The van der Waals surface area contributed by atoms with Gasteiger partial charge < -0.3 is 0 Å². The monoisotopic (exact) mass is 312 g/mol. The SMILES string of the molecule is c1ccc(-c2cc(-c3cncnc3)c(-c3ccccn3)nn2)nc1. The Hall–Kier alpha value is -3.54. The van der Waals surface area contributed by atoms with E-state index in [0.717, 1.165) is 22.5 Å². The van der Waals surface area contributed by atoms with Crippen LogP contribution >= 0.6 is 0 Å². The van der Waals surface area contributed by atoms with Gasteiger partial charge in [-0.15, -0.1) is 10.2 Å². The number of hydrogen-bond acceptors (Lipinski definition) is 6. The zero-order chi connectivity index (χ0) is 16.2. The van der Waals surface area contributed by atoms with Crippen LogP contribution in [0.25, 0.3) is 33.9 Å². The molecule has 6 heteroatoms. The molecule has 4 heterocycles. The van der Waals surface area contributed by atoms with Gasteiger partial charge in [-0.1, -0.05) is 12.1 Å². The summed E-state index contributed by atoms with van der Waals surface area (Å²) in [6.45, 7) is 0. The molecule has 0 N–H and O–H groups in total. The van der Waals surface area contributed by atoms with Crippen LogP contribution in [0.2, 0.25) is 0 Å². The quantitative estimate of drug-likeness (QED) is 0.578. The molecule has 0 unspecified atom stereocenters. The zero-order valence-electron chi connectivity index (χ0n) is 12.6. The summed E-state index contributed by atoms with van der Waals surface area (Å²) in [6.07, 6.45) is 8.46. The topological polar surface area (TPSA) is 77.3 Å². The maximum Gasteiger partial charge on any atom is 0.119 e. The third-order valence-corrected chi connectivity index (χ3v) is 3.50. The molecule has 4 aromatic rings.